The zero-order valence-electron chi connectivity index (χ0n) is 15.5. The van der Waals surface area contributed by atoms with Gasteiger partial charge in [0.15, 0.2) is 0 Å². The number of hydrogen-bond donors (Lipinski definition) is 1. The molecule has 1 N–H and O–H groups in total. The van der Waals surface area contributed by atoms with Crippen molar-refractivity contribution < 1.29 is 9.59 Å². The molecular weight excluding hydrogens is 348 g/mol. The Balaban J connectivity index is 1.88. The van der Waals surface area contributed by atoms with Gasteiger partial charge in [-0.3, -0.25) is 9.59 Å². The molecule has 0 aromatic heterocycles. The van der Waals surface area contributed by atoms with Gasteiger partial charge in [-0.25, -0.2) is 0 Å². The Morgan fingerprint density at radius 1 is 1.00 bits per heavy atom. The standard InChI is InChI=1S/C21H25ClN2O2/c1-15-5-4-6-16(2)21(15)23-20(26)12-14-24(17(3)25)13-11-18-7-9-19(22)10-8-18/h4-10H,11-14H2,1-3H3,(H,23,26). The molecule has 0 aliphatic rings. The first-order valence-corrected chi connectivity index (χ1v) is 9.10. The third-order valence-corrected chi connectivity index (χ3v) is 4.64. The summed E-state index contributed by atoms with van der Waals surface area (Å²) in [6, 6.07) is 13.5. The molecule has 0 bridgehead atoms. The van der Waals surface area contributed by atoms with Crippen molar-refractivity contribution in [3.05, 3.63) is 64.2 Å². The minimum Gasteiger partial charge on any atom is -0.342 e. The van der Waals surface area contributed by atoms with Crippen molar-refractivity contribution in [2.75, 3.05) is 18.4 Å². The number of amides is 2. The Morgan fingerprint density at radius 3 is 2.19 bits per heavy atom. The Labute approximate surface area is 160 Å². The van der Waals surface area contributed by atoms with Crippen molar-refractivity contribution in [2.45, 2.75) is 33.6 Å². The van der Waals surface area contributed by atoms with E-state index >= 15 is 0 Å². The average molecular weight is 373 g/mol. The van der Waals surface area contributed by atoms with E-state index in [0.29, 0.717) is 18.1 Å². The molecule has 4 nitrogen and oxygen atoms in total. The van der Waals surface area contributed by atoms with Gasteiger partial charge >= 0.3 is 0 Å². The number of nitrogens with zero attached hydrogens (tertiary/aromatic N) is 1. The van der Waals surface area contributed by atoms with Crippen molar-refractivity contribution in [2.24, 2.45) is 0 Å². The minimum atomic E-state index is -0.0832. The monoisotopic (exact) mass is 372 g/mol. The molecule has 0 fully saturated rings. The maximum atomic E-state index is 12.3. The van der Waals surface area contributed by atoms with Crippen molar-refractivity contribution in [3.8, 4) is 0 Å². The summed E-state index contributed by atoms with van der Waals surface area (Å²) in [6.45, 7) is 6.45. The zero-order valence-corrected chi connectivity index (χ0v) is 16.3. The van der Waals surface area contributed by atoms with Crippen molar-refractivity contribution in [1.82, 2.24) is 4.90 Å². The van der Waals surface area contributed by atoms with Crippen LogP contribution in [0.2, 0.25) is 5.02 Å². The fraction of sp³-hybridized carbons (Fsp3) is 0.333. The predicted octanol–water partition coefficient (Wildman–Crippen LogP) is 4.38. The fourth-order valence-corrected chi connectivity index (χ4v) is 2.92. The van der Waals surface area contributed by atoms with E-state index in [2.05, 4.69) is 5.32 Å². The third kappa shape index (κ3) is 5.88. The number of halogens is 1. The maximum absolute atomic E-state index is 12.3. The van der Waals surface area contributed by atoms with E-state index in [9.17, 15) is 9.59 Å². The van der Waals surface area contributed by atoms with Crippen LogP contribution < -0.4 is 5.32 Å². The molecule has 0 unspecified atom stereocenters. The molecular formula is C21H25ClN2O2. The Bertz CT molecular complexity index is 752. The SMILES string of the molecule is CC(=O)N(CCC(=O)Nc1c(C)cccc1C)CCc1ccc(Cl)cc1. The van der Waals surface area contributed by atoms with Crippen molar-refractivity contribution in [3.63, 3.8) is 0 Å². The van der Waals surface area contributed by atoms with Crippen LogP contribution >= 0.6 is 11.6 Å². The van der Waals surface area contributed by atoms with Crippen LogP contribution in [0.5, 0.6) is 0 Å². The number of benzene rings is 2. The molecule has 0 atom stereocenters. The molecule has 0 spiro atoms. The van der Waals surface area contributed by atoms with Gasteiger partial charge in [0.05, 0.1) is 0 Å². The zero-order chi connectivity index (χ0) is 19.1. The molecule has 26 heavy (non-hydrogen) atoms. The van der Waals surface area contributed by atoms with Crippen molar-refractivity contribution >= 4 is 29.1 Å². The lowest BCUT2D eigenvalue weighted by Crippen LogP contribution is -2.33. The summed E-state index contributed by atoms with van der Waals surface area (Å²) in [5, 5.41) is 3.66. The molecule has 0 heterocycles. The minimum absolute atomic E-state index is 0.0289. The highest BCUT2D eigenvalue weighted by atomic mass is 35.5. The lowest BCUT2D eigenvalue weighted by atomic mass is 10.1. The van der Waals surface area contributed by atoms with Gasteiger partial charge in [0.2, 0.25) is 11.8 Å². The van der Waals surface area contributed by atoms with E-state index in [-0.39, 0.29) is 18.2 Å². The molecule has 0 aliphatic heterocycles. The van der Waals surface area contributed by atoms with E-state index in [0.717, 1.165) is 28.8 Å². The highest BCUT2D eigenvalue weighted by molar-refractivity contribution is 6.30. The van der Waals surface area contributed by atoms with Crippen LogP contribution in [0.4, 0.5) is 5.69 Å². The topological polar surface area (TPSA) is 49.4 Å². The van der Waals surface area contributed by atoms with Gasteiger partial charge in [-0.05, 0) is 49.1 Å². The lowest BCUT2D eigenvalue weighted by Gasteiger charge is -2.21. The summed E-state index contributed by atoms with van der Waals surface area (Å²) in [5.74, 6) is -0.112. The number of carbonyl (C=O) groups is 2. The van der Waals surface area contributed by atoms with Crippen LogP contribution in [0.15, 0.2) is 42.5 Å². The van der Waals surface area contributed by atoms with E-state index in [1.54, 1.807) is 4.90 Å². The maximum Gasteiger partial charge on any atom is 0.226 e. The van der Waals surface area contributed by atoms with Crippen LogP contribution in [-0.4, -0.2) is 29.8 Å². The molecule has 2 amide bonds. The van der Waals surface area contributed by atoms with Crippen LogP contribution in [0.3, 0.4) is 0 Å². The van der Waals surface area contributed by atoms with Crippen molar-refractivity contribution in [1.29, 1.82) is 0 Å². The second-order valence-electron chi connectivity index (χ2n) is 6.45. The van der Waals surface area contributed by atoms with Gasteiger partial charge < -0.3 is 10.2 Å². The fourth-order valence-electron chi connectivity index (χ4n) is 2.79. The molecule has 138 valence electrons. The molecule has 0 saturated heterocycles. The van der Waals surface area contributed by atoms with Gasteiger partial charge in [-0.1, -0.05) is 41.9 Å². The van der Waals surface area contributed by atoms with Crippen LogP contribution in [0, 0.1) is 13.8 Å². The number of anilines is 1. The summed E-state index contributed by atoms with van der Waals surface area (Å²) in [4.78, 5) is 25.9. The van der Waals surface area contributed by atoms with E-state index in [4.69, 9.17) is 11.6 Å². The smallest absolute Gasteiger partial charge is 0.226 e. The van der Waals surface area contributed by atoms with Gasteiger partial charge in [0.25, 0.3) is 0 Å². The number of para-hydroxylation sites is 1. The summed E-state index contributed by atoms with van der Waals surface area (Å²) in [5.41, 5.74) is 4.03. The van der Waals surface area contributed by atoms with Gasteiger partial charge in [0.1, 0.15) is 0 Å². The summed E-state index contributed by atoms with van der Waals surface area (Å²) >= 11 is 5.89. The van der Waals surface area contributed by atoms with Gasteiger partial charge in [-0.15, -0.1) is 0 Å². The van der Waals surface area contributed by atoms with Crippen LogP contribution in [0.1, 0.15) is 30.0 Å². The molecule has 2 rings (SSSR count). The Morgan fingerprint density at radius 2 is 1.62 bits per heavy atom. The van der Waals surface area contributed by atoms with Gasteiger partial charge in [0, 0.05) is 37.1 Å². The normalized spacial score (nSPS) is 10.5. The largest absolute Gasteiger partial charge is 0.342 e. The second kappa shape index (κ2) is 9.39. The average Bonchev–Trinajstić information content (AvgIpc) is 2.59. The van der Waals surface area contributed by atoms with Crippen LogP contribution in [-0.2, 0) is 16.0 Å². The van der Waals surface area contributed by atoms with Crippen LogP contribution in [0.25, 0.3) is 0 Å². The highest BCUT2D eigenvalue weighted by Gasteiger charge is 2.13. The van der Waals surface area contributed by atoms with E-state index in [1.807, 2.05) is 56.3 Å². The first kappa shape index (κ1) is 20.0. The molecule has 5 heteroatoms. The number of hydrogen-bond acceptors (Lipinski definition) is 2. The summed E-state index contributed by atoms with van der Waals surface area (Å²) < 4.78 is 0. The molecule has 2 aromatic rings. The molecule has 2 aromatic carbocycles. The third-order valence-electron chi connectivity index (χ3n) is 4.38. The molecule has 0 aliphatic carbocycles. The first-order valence-electron chi connectivity index (χ1n) is 8.73. The number of aryl methyl sites for hydroxylation is 2. The molecule has 0 saturated carbocycles. The first-order chi connectivity index (χ1) is 12.4. The number of rotatable bonds is 7. The van der Waals surface area contributed by atoms with E-state index in [1.165, 1.54) is 6.92 Å². The number of carbonyl (C=O) groups excluding carboxylic acids is 2. The van der Waals surface area contributed by atoms with E-state index < -0.39 is 0 Å². The quantitative estimate of drug-likeness (QED) is 0.784. The van der Waals surface area contributed by atoms with Gasteiger partial charge in [-0.2, -0.15) is 0 Å². The highest BCUT2D eigenvalue weighted by Crippen LogP contribution is 2.19. The second-order valence-corrected chi connectivity index (χ2v) is 6.88. The lowest BCUT2D eigenvalue weighted by molar-refractivity contribution is -0.129. The number of nitrogens with one attached hydrogen (secondary N) is 1. The Hall–Kier alpha value is -2.33. The predicted molar refractivity (Wildman–Crippen MR) is 107 cm³/mol. The summed E-state index contributed by atoms with van der Waals surface area (Å²) in [7, 11) is 0. The Kier molecular flexibility index (Phi) is 7.22. The summed E-state index contributed by atoms with van der Waals surface area (Å²) in [6.07, 6.45) is 1.00. The molecule has 0 radical (unpaired) electrons.